The SMILES string of the molecule is Oc1ccccc1CSC1CNC1. The Morgan fingerprint density at radius 1 is 1.38 bits per heavy atom. The van der Waals surface area contributed by atoms with Gasteiger partial charge in [-0.3, -0.25) is 0 Å². The summed E-state index contributed by atoms with van der Waals surface area (Å²) in [7, 11) is 0. The highest BCUT2D eigenvalue weighted by Crippen LogP contribution is 2.25. The third-order valence-corrected chi connectivity index (χ3v) is 3.49. The number of aromatic hydroxyl groups is 1. The smallest absolute Gasteiger partial charge is 0.119 e. The fourth-order valence-corrected chi connectivity index (χ4v) is 2.35. The molecule has 1 fully saturated rings. The van der Waals surface area contributed by atoms with E-state index in [1.165, 1.54) is 0 Å². The van der Waals surface area contributed by atoms with Gasteiger partial charge in [0.1, 0.15) is 5.75 Å². The summed E-state index contributed by atoms with van der Waals surface area (Å²) in [5.74, 6) is 1.33. The number of phenols is 1. The van der Waals surface area contributed by atoms with Crippen LogP contribution in [0.2, 0.25) is 0 Å². The second-order valence-electron chi connectivity index (χ2n) is 3.22. The summed E-state index contributed by atoms with van der Waals surface area (Å²) in [4.78, 5) is 0. The molecule has 13 heavy (non-hydrogen) atoms. The minimum absolute atomic E-state index is 0.419. The predicted molar refractivity (Wildman–Crippen MR) is 56.1 cm³/mol. The quantitative estimate of drug-likeness (QED) is 0.768. The van der Waals surface area contributed by atoms with Crippen molar-refractivity contribution in [1.82, 2.24) is 5.32 Å². The van der Waals surface area contributed by atoms with Crippen molar-refractivity contribution in [2.45, 2.75) is 11.0 Å². The number of benzene rings is 1. The molecule has 1 aromatic rings. The number of phenolic OH excluding ortho intramolecular Hbond substituents is 1. The second-order valence-corrected chi connectivity index (χ2v) is 4.51. The molecule has 0 spiro atoms. The zero-order valence-corrected chi connectivity index (χ0v) is 8.18. The zero-order chi connectivity index (χ0) is 9.10. The minimum Gasteiger partial charge on any atom is -0.508 e. The highest BCUT2D eigenvalue weighted by Gasteiger charge is 2.16. The molecule has 2 rings (SSSR count). The molecule has 1 aliphatic heterocycles. The molecular formula is C10H13NOS. The summed E-state index contributed by atoms with van der Waals surface area (Å²) in [5, 5.41) is 13.4. The van der Waals surface area contributed by atoms with Gasteiger partial charge < -0.3 is 10.4 Å². The van der Waals surface area contributed by atoms with Crippen LogP contribution in [0.3, 0.4) is 0 Å². The van der Waals surface area contributed by atoms with Crippen LogP contribution >= 0.6 is 11.8 Å². The average Bonchev–Trinajstić information content (AvgIpc) is 2.05. The van der Waals surface area contributed by atoms with Gasteiger partial charge in [-0.1, -0.05) is 18.2 Å². The van der Waals surface area contributed by atoms with Gasteiger partial charge in [0.05, 0.1) is 0 Å². The Morgan fingerprint density at radius 3 is 2.77 bits per heavy atom. The van der Waals surface area contributed by atoms with Crippen LogP contribution in [0.5, 0.6) is 5.75 Å². The van der Waals surface area contributed by atoms with Gasteiger partial charge in [0.25, 0.3) is 0 Å². The van der Waals surface area contributed by atoms with Gasteiger partial charge in [-0.15, -0.1) is 0 Å². The van der Waals surface area contributed by atoms with E-state index in [1.54, 1.807) is 6.07 Å². The Hall–Kier alpha value is -0.670. The molecule has 1 aromatic carbocycles. The Bertz CT molecular complexity index is 286. The average molecular weight is 195 g/mol. The van der Waals surface area contributed by atoms with Gasteiger partial charge in [0.15, 0.2) is 0 Å². The molecule has 0 bridgehead atoms. The number of hydrogen-bond donors (Lipinski definition) is 2. The Balaban J connectivity index is 1.89. The molecule has 0 aromatic heterocycles. The summed E-state index contributed by atoms with van der Waals surface area (Å²) in [6.45, 7) is 2.22. The maximum Gasteiger partial charge on any atom is 0.119 e. The lowest BCUT2D eigenvalue weighted by Crippen LogP contribution is -2.44. The molecular weight excluding hydrogens is 182 g/mol. The van der Waals surface area contributed by atoms with E-state index in [4.69, 9.17) is 0 Å². The lowest BCUT2D eigenvalue weighted by molar-refractivity contribution is 0.470. The van der Waals surface area contributed by atoms with Crippen molar-refractivity contribution in [3.05, 3.63) is 29.8 Å². The number of para-hydroxylation sites is 1. The van der Waals surface area contributed by atoms with Crippen LogP contribution in [-0.4, -0.2) is 23.4 Å². The standard InChI is InChI=1S/C10H13NOS/c12-10-4-2-1-3-8(10)7-13-9-5-11-6-9/h1-4,9,11-12H,5-7H2. The lowest BCUT2D eigenvalue weighted by atomic mass is 10.2. The van der Waals surface area contributed by atoms with Gasteiger partial charge >= 0.3 is 0 Å². The van der Waals surface area contributed by atoms with Crippen LogP contribution in [0, 0.1) is 0 Å². The van der Waals surface area contributed by atoms with Crippen LogP contribution in [0.4, 0.5) is 0 Å². The molecule has 0 amide bonds. The first-order valence-corrected chi connectivity index (χ1v) is 5.50. The Morgan fingerprint density at radius 2 is 2.15 bits per heavy atom. The molecule has 3 heteroatoms. The van der Waals surface area contributed by atoms with E-state index in [9.17, 15) is 5.11 Å². The number of nitrogens with one attached hydrogen (secondary N) is 1. The van der Waals surface area contributed by atoms with E-state index in [0.29, 0.717) is 5.75 Å². The van der Waals surface area contributed by atoms with E-state index in [-0.39, 0.29) is 0 Å². The number of hydrogen-bond acceptors (Lipinski definition) is 3. The Kier molecular flexibility index (Phi) is 2.76. The lowest BCUT2D eigenvalue weighted by Gasteiger charge is -2.26. The largest absolute Gasteiger partial charge is 0.508 e. The Labute approximate surface area is 82.4 Å². The van der Waals surface area contributed by atoms with Crippen LogP contribution < -0.4 is 5.32 Å². The van der Waals surface area contributed by atoms with E-state index >= 15 is 0 Å². The van der Waals surface area contributed by atoms with Crippen molar-refractivity contribution in [2.24, 2.45) is 0 Å². The van der Waals surface area contributed by atoms with Crippen molar-refractivity contribution >= 4 is 11.8 Å². The van der Waals surface area contributed by atoms with Crippen molar-refractivity contribution < 1.29 is 5.11 Å². The fourth-order valence-electron chi connectivity index (χ4n) is 1.22. The second kappa shape index (κ2) is 4.03. The number of thioether (sulfide) groups is 1. The van der Waals surface area contributed by atoms with E-state index < -0.39 is 0 Å². The zero-order valence-electron chi connectivity index (χ0n) is 7.36. The van der Waals surface area contributed by atoms with Crippen LogP contribution in [-0.2, 0) is 5.75 Å². The normalized spacial score (nSPS) is 16.9. The molecule has 0 unspecified atom stereocenters. The van der Waals surface area contributed by atoms with Gasteiger partial charge in [-0.2, -0.15) is 11.8 Å². The first-order valence-electron chi connectivity index (χ1n) is 4.45. The third kappa shape index (κ3) is 2.17. The molecule has 2 N–H and O–H groups in total. The van der Waals surface area contributed by atoms with E-state index in [0.717, 1.165) is 29.7 Å². The minimum atomic E-state index is 0.419. The predicted octanol–water partition coefficient (Wildman–Crippen LogP) is 1.60. The van der Waals surface area contributed by atoms with Crippen molar-refractivity contribution in [1.29, 1.82) is 0 Å². The van der Waals surface area contributed by atoms with Crippen LogP contribution in [0.1, 0.15) is 5.56 Å². The molecule has 0 radical (unpaired) electrons. The monoisotopic (exact) mass is 195 g/mol. The van der Waals surface area contributed by atoms with Gasteiger partial charge in [-0.05, 0) is 6.07 Å². The summed E-state index contributed by atoms with van der Waals surface area (Å²) in [6, 6.07) is 7.55. The summed E-state index contributed by atoms with van der Waals surface area (Å²) in [5.41, 5.74) is 1.04. The van der Waals surface area contributed by atoms with Crippen LogP contribution in [0.25, 0.3) is 0 Å². The summed E-state index contributed by atoms with van der Waals surface area (Å²) in [6.07, 6.45) is 0. The highest BCUT2D eigenvalue weighted by molar-refractivity contribution is 7.99. The third-order valence-electron chi connectivity index (χ3n) is 2.21. The summed E-state index contributed by atoms with van der Waals surface area (Å²) >= 11 is 1.91. The first kappa shape index (κ1) is 8.91. The molecule has 0 saturated carbocycles. The topological polar surface area (TPSA) is 32.3 Å². The fraction of sp³-hybridized carbons (Fsp3) is 0.400. The molecule has 2 nitrogen and oxygen atoms in total. The molecule has 0 aliphatic carbocycles. The summed E-state index contributed by atoms with van der Waals surface area (Å²) < 4.78 is 0. The number of rotatable bonds is 3. The van der Waals surface area contributed by atoms with Gasteiger partial charge in [0.2, 0.25) is 0 Å². The van der Waals surface area contributed by atoms with Crippen molar-refractivity contribution in [2.75, 3.05) is 13.1 Å². The van der Waals surface area contributed by atoms with Crippen molar-refractivity contribution in [3.8, 4) is 5.75 Å². The van der Waals surface area contributed by atoms with Gasteiger partial charge in [0, 0.05) is 29.7 Å². The van der Waals surface area contributed by atoms with Crippen molar-refractivity contribution in [3.63, 3.8) is 0 Å². The highest BCUT2D eigenvalue weighted by atomic mass is 32.2. The van der Waals surface area contributed by atoms with Crippen LogP contribution in [0.15, 0.2) is 24.3 Å². The maximum atomic E-state index is 9.49. The van der Waals surface area contributed by atoms with E-state index in [1.807, 2.05) is 30.0 Å². The first-order chi connectivity index (χ1) is 6.36. The maximum absolute atomic E-state index is 9.49. The molecule has 1 saturated heterocycles. The molecule has 1 heterocycles. The molecule has 1 aliphatic rings. The molecule has 70 valence electrons. The van der Waals surface area contributed by atoms with E-state index in [2.05, 4.69) is 5.32 Å². The van der Waals surface area contributed by atoms with Gasteiger partial charge in [-0.25, -0.2) is 0 Å². The molecule has 0 atom stereocenters.